The summed E-state index contributed by atoms with van der Waals surface area (Å²) in [5, 5.41) is 0.825. The van der Waals surface area contributed by atoms with Crippen molar-refractivity contribution in [3.63, 3.8) is 0 Å². The van der Waals surface area contributed by atoms with Crippen molar-refractivity contribution in [2.24, 2.45) is 5.92 Å². The molecular weight excluding hydrogens is 502 g/mol. The van der Waals surface area contributed by atoms with Gasteiger partial charge in [0.2, 0.25) is 0 Å². The van der Waals surface area contributed by atoms with E-state index in [0.717, 1.165) is 53.9 Å². The number of hydrogen-bond donors (Lipinski definition) is 0. The first-order chi connectivity index (χ1) is 18.8. The lowest BCUT2D eigenvalue weighted by molar-refractivity contribution is -0.107. The van der Waals surface area contributed by atoms with E-state index in [1.165, 1.54) is 43.5 Å². The second kappa shape index (κ2) is 24.3. The van der Waals surface area contributed by atoms with Crippen LogP contribution in [0.15, 0.2) is 89.5 Å². The Balaban J connectivity index is 0.000000546. The molecule has 1 heterocycles. The molecule has 1 unspecified atom stereocenters. The number of halogens is 1. The highest BCUT2D eigenvalue weighted by molar-refractivity contribution is 6.31. The first kappa shape index (κ1) is 36.2. The Morgan fingerprint density at radius 1 is 1.05 bits per heavy atom. The van der Waals surface area contributed by atoms with E-state index in [9.17, 15) is 9.59 Å². The highest BCUT2D eigenvalue weighted by atomic mass is 35.5. The minimum absolute atomic E-state index is 0.729. The van der Waals surface area contributed by atoms with Gasteiger partial charge in [-0.15, -0.1) is 0 Å². The SMILES string of the molecule is C/C=C/C=C(C)\C(Cl)=C/Cc1ccccc1C.CC1CCN(C)C1.CCCCCC=O.O=Cc1ccccc1. The molecule has 3 nitrogen and oxygen atoms in total. The molecule has 0 radical (unpaired) electrons. The van der Waals surface area contributed by atoms with Gasteiger partial charge in [0.05, 0.1) is 0 Å². The summed E-state index contributed by atoms with van der Waals surface area (Å²) in [7, 11) is 2.18. The highest BCUT2D eigenvalue weighted by Gasteiger charge is 2.13. The van der Waals surface area contributed by atoms with E-state index in [-0.39, 0.29) is 0 Å². The Hall–Kier alpha value is -2.75. The number of rotatable bonds is 9. The maximum atomic E-state index is 10.0. The molecule has 0 saturated carbocycles. The Bertz CT molecular complexity index is 987. The average molecular weight is 552 g/mol. The molecule has 0 aromatic heterocycles. The van der Waals surface area contributed by atoms with Crippen molar-refractivity contribution >= 4 is 24.2 Å². The normalized spacial score (nSPS) is 15.3. The van der Waals surface area contributed by atoms with Crippen LogP contribution in [0, 0.1) is 12.8 Å². The maximum Gasteiger partial charge on any atom is 0.150 e. The number of benzene rings is 2. The first-order valence-corrected chi connectivity index (χ1v) is 14.5. The van der Waals surface area contributed by atoms with Crippen LogP contribution in [0.5, 0.6) is 0 Å². The lowest BCUT2D eigenvalue weighted by Gasteiger charge is -2.03. The van der Waals surface area contributed by atoms with Crippen molar-refractivity contribution in [2.45, 2.75) is 73.1 Å². The van der Waals surface area contributed by atoms with Gasteiger partial charge in [-0.2, -0.15) is 0 Å². The van der Waals surface area contributed by atoms with E-state index < -0.39 is 0 Å². The Labute approximate surface area is 243 Å². The topological polar surface area (TPSA) is 37.4 Å². The minimum atomic E-state index is 0.729. The van der Waals surface area contributed by atoms with Crippen LogP contribution in [-0.2, 0) is 11.2 Å². The fourth-order valence-corrected chi connectivity index (χ4v) is 3.82. The van der Waals surface area contributed by atoms with Crippen LogP contribution in [-0.4, -0.2) is 37.6 Å². The second-order valence-electron chi connectivity index (χ2n) is 9.91. The van der Waals surface area contributed by atoms with Crippen LogP contribution in [0.25, 0.3) is 0 Å². The molecule has 1 aliphatic heterocycles. The van der Waals surface area contributed by atoms with Crippen molar-refractivity contribution in [2.75, 3.05) is 20.1 Å². The van der Waals surface area contributed by atoms with Gasteiger partial charge in [0.15, 0.2) is 0 Å². The summed E-state index contributed by atoms with van der Waals surface area (Å²) in [6.07, 6.45) is 16.4. The van der Waals surface area contributed by atoms with E-state index in [0.29, 0.717) is 0 Å². The molecule has 0 bridgehead atoms. The van der Waals surface area contributed by atoms with Gasteiger partial charge >= 0.3 is 0 Å². The first-order valence-electron chi connectivity index (χ1n) is 14.1. The summed E-state index contributed by atoms with van der Waals surface area (Å²) in [5.41, 5.74) is 4.46. The van der Waals surface area contributed by atoms with Crippen molar-refractivity contribution in [3.05, 3.63) is 106 Å². The van der Waals surface area contributed by atoms with Gasteiger partial charge in [-0.3, -0.25) is 4.79 Å². The largest absolute Gasteiger partial charge is 0.306 e. The number of allylic oxidation sites excluding steroid dienone is 6. The Kier molecular flexibility index (Phi) is 22.6. The van der Waals surface area contributed by atoms with Gasteiger partial charge < -0.3 is 9.69 Å². The van der Waals surface area contributed by atoms with Crippen LogP contribution in [0.4, 0.5) is 0 Å². The summed E-state index contributed by atoms with van der Waals surface area (Å²) in [6, 6.07) is 17.5. The zero-order valence-electron chi connectivity index (χ0n) is 25.0. The van der Waals surface area contributed by atoms with Crippen molar-refractivity contribution in [1.29, 1.82) is 0 Å². The third kappa shape index (κ3) is 19.9. The summed E-state index contributed by atoms with van der Waals surface area (Å²) < 4.78 is 0. The van der Waals surface area contributed by atoms with Crippen LogP contribution in [0.2, 0.25) is 0 Å². The van der Waals surface area contributed by atoms with Gasteiger partial charge in [-0.25, -0.2) is 0 Å². The van der Waals surface area contributed by atoms with E-state index in [2.05, 4.69) is 63.1 Å². The lowest BCUT2D eigenvalue weighted by atomic mass is 10.1. The number of nitrogens with zero attached hydrogens (tertiary/aromatic N) is 1. The van der Waals surface area contributed by atoms with Crippen LogP contribution in [0.3, 0.4) is 0 Å². The smallest absolute Gasteiger partial charge is 0.150 e. The summed E-state index contributed by atoms with van der Waals surface area (Å²) in [4.78, 5) is 22.1. The molecule has 1 saturated heterocycles. The van der Waals surface area contributed by atoms with Gasteiger partial charge in [-0.1, -0.05) is 117 Å². The van der Waals surface area contributed by atoms with Crippen molar-refractivity contribution < 1.29 is 9.59 Å². The average Bonchev–Trinajstić information content (AvgIpc) is 3.34. The number of likely N-dealkylation sites (tertiary alicyclic amines) is 1. The highest BCUT2D eigenvalue weighted by Crippen LogP contribution is 2.17. The number of aldehydes is 2. The lowest BCUT2D eigenvalue weighted by Crippen LogP contribution is -2.12. The third-order valence-electron chi connectivity index (χ3n) is 6.17. The molecule has 39 heavy (non-hydrogen) atoms. The van der Waals surface area contributed by atoms with Crippen molar-refractivity contribution in [1.82, 2.24) is 4.90 Å². The van der Waals surface area contributed by atoms with Crippen LogP contribution in [0.1, 0.15) is 81.3 Å². The molecule has 0 aliphatic carbocycles. The molecule has 0 N–H and O–H groups in total. The predicted octanol–water partition coefficient (Wildman–Crippen LogP) is 9.41. The number of carbonyl (C=O) groups excluding carboxylic acids is 2. The zero-order valence-corrected chi connectivity index (χ0v) is 25.8. The summed E-state index contributed by atoms with van der Waals surface area (Å²) >= 11 is 6.23. The second-order valence-corrected chi connectivity index (χ2v) is 10.3. The quantitative estimate of drug-likeness (QED) is 0.177. The molecule has 1 aliphatic rings. The molecule has 0 amide bonds. The molecule has 3 rings (SSSR count). The number of hydrogen-bond acceptors (Lipinski definition) is 3. The molecule has 1 fully saturated rings. The van der Waals surface area contributed by atoms with E-state index >= 15 is 0 Å². The number of unbranched alkanes of at least 4 members (excludes halogenated alkanes) is 3. The van der Waals surface area contributed by atoms with Crippen LogP contribution >= 0.6 is 11.6 Å². The van der Waals surface area contributed by atoms with Gasteiger partial charge in [0.1, 0.15) is 12.6 Å². The number of carbonyl (C=O) groups is 2. The van der Waals surface area contributed by atoms with Crippen molar-refractivity contribution in [3.8, 4) is 0 Å². The monoisotopic (exact) mass is 551 g/mol. The third-order valence-corrected chi connectivity index (χ3v) is 6.62. The molecule has 4 heteroatoms. The minimum Gasteiger partial charge on any atom is -0.306 e. The summed E-state index contributed by atoms with van der Waals surface area (Å²) in [5.74, 6) is 0.949. The van der Waals surface area contributed by atoms with E-state index in [1.54, 1.807) is 12.1 Å². The van der Waals surface area contributed by atoms with Crippen LogP contribution < -0.4 is 0 Å². The molecular formula is C35H50ClNO2. The Morgan fingerprint density at radius 2 is 1.72 bits per heavy atom. The summed E-state index contributed by atoms with van der Waals surface area (Å²) in [6.45, 7) is 13.2. The number of aryl methyl sites for hydroxylation is 1. The van der Waals surface area contributed by atoms with E-state index in [4.69, 9.17) is 11.6 Å². The molecule has 0 spiro atoms. The molecule has 2 aromatic carbocycles. The van der Waals surface area contributed by atoms with Gasteiger partial charge in [-0.05, 0) is 76.2 Å². The maximum absolute atomic E-state index is 10.0. The molecule has 2 aromatic rings. The zero-order chi connectivity index (χ0) is 29.3. The Morgan fingerprint density at radius 3 is 2.18 bits per heavy atom. The van der Waals surface area contributed by atoms with E-state index in [1.807, 2.05) is 50.3 Å². The van der Waals surface area contributed by atoms with Gasteiger partial charge in [0.25, 0.3) is 0 Å². The predicted molar refractivity (Wildman–Crippen MR) is 171 cm³/mol. The fraction of sp³-hybridized carbons (Fsp3) is 0.429. The fourth-order valence-electron chi connectivity index (χ4n) is 3.68. The molecule has 1 atom stereocenters. The standard InChI is InChI=1S/C16H19Cl.C7H6O.C6H13N.C6H12O/c1-4-5-8-14(3)16(17)12-11-15-10-7-6-9-13(15)2;8-6-7-4-2-1-3-5-7;1-6-3-4-7(2)5-6;1-2-3-4-5-6-7/h4-10,12H,11H2,1-3H3;1-6H;6H,3-5H2,1-2H3;6H,2-5H2,1H3/b5-4+,14-8-,16-12+;;;. The van der Waals surface area contributed by atoms with Gasteiger partial charge in [0, 0.05) is 23.6 Å². The molecule has 214 valence electrons.